The predicted molar refractivity (Wildman–Crippen MR) is 126 cm³/mol. The van der Waals surface area contributed by atoms with Crippen molar-refractivity contribution < 1.29 is 14.3 Å². The standard InChI is InChI=1S/C24H30BrNO3S/c1-23(2,3)29-22(27)16-26(15-17-6-8-19(25)9-7-17)30-20-10-11-21-18(14-20)12-13-24(4,5)28-21/h6-11,14H,12-13,15-16H2,1-5H3. The molecule has 30 heavy (non-hydrogen) atoms. The minimum absolute atomic E-state index is 0.119. The fourth-order valence-corrected chi connectivity index (χ4v) is 4.54. The van der Waals surface area contributed by atoms with E-state index in [-0.39, 0.29) is 18.1 Å². The number of hydrogen-bond acceptors (Lipinski definition) is 5. The van der Waals surface area contributed by atoms with E-state index >= 15 is 0 Å². The van der Waals surface area contributed by atoms with Gasteiger partial charge in [0.1, 0.15) is 23.5 Å². The number of rotatable bonds is 6. The number of carbonyl (C=O) groups excluding carboxylic acids is 1. The summed E-state index contributed by atoms with van der Waals surface area (Å²) in [5.74, 6) is 0.734. The molecule has 3 rings (SSSR count). The van der Waals surface area contributed by atoms with E-state index in [1.165, 1.54) is 5.56 Å². The summed E-state index contributed by atoms with van der Waals surface area (Å²) in [6.07, 6.45) is 1.99. The smallest absolute Gasteiger partial charge is 0.321 e. The molecular formula is C24H30BrNO3S. The number of hydrogen-bond donors (Lipinski definition) is 0. The molecule has 4 nitrogen and oxygen atoms in total. The number of ether oxygens (including phenoxy) is 2. The number of halogens is 1. The average Bonchev–Trinajstić information content (AvgIpc) is 2.61. The van der Waals surface area contributed by atoms with Crippen LogP contribution >= 0.6 is 27.9 Å². The minimum atomic E-state index is -0.499. The summed E-state index contributed by atoms with van der Waals surface area (Å²) in [6, 6.07) is 14.5. The third-order valence-electron chi connectivity index (χ3n) is 4.65. The van der Waals surface area contributed by atoms with E-state index in [0.717, 1.165) is 33.5 Å². The Morgan fingerprint density at radius 2 is 1.90 bits per heavy atom. The van der Waals surface area contributed by atoms with Gasteiger partial charge in [-0.2, -0.15) is 0 Å². The van der Waals surface area contributed by atoms with Crippen molar-refractivity contribution in [2.45, 2.75) is 70.1 Å². The Labute approximate surface area is 192 Å². The second-order valence-electron chi connectivity index (χ2n) is 9.23. The molecule has 1 aliphatic heterocycles. The predicted octanol–water partition coefficient (Wildman–Crippen LogP) is 6.40. The van der Waals surface area contributed by atoms with Crippen LogP contribution in [0.1, 0.15) is 52.2 Å². The van der Waals surface area contributed by atoms with Crippen LogP contribution in [0.25, 0.3) is 0 Å². The summed E-state index contributed by atoms with van der Waals surface area (Å²) in [5.41, 5.74) is 1.74. The van der Waals surface area contributed by atoms with Crippen molar-refractivity contribution in [2.24, 2.45) is 0 Å². The molecule has 0 aliphatic carbocycles. The van der Waals surface area contributed by atoms with Crippen LogP contribution in [0.2, 0.25) is 0 Å². The molecule has 1 heterocycles. The van der Waals surface area contributed by atoms with Gasteiger partial charge in [0.05, 0.1) is 0 Å². The molecule has 0 saturated heterocycles. The van der Waals surface area contributed by atoms with Gasteiger partial charge in [0.2, 0.25) is 0 Å². The maximum absolute atomic E-state index is 12.5. The summed E-state index contributed by atoms with van der Waals surface area (Å²) in [6.45, 7) is 10.8. The van der Waals surface area contributed by atoms with Crippen molar-refractivity contribution >= 4 is 33.8 Å². The van der Waals surface area contributed by atoms with Gasteiger partial charge >= 0.3 is 5.97 Å². The topological polar surface area (TPSA) is 38.8 Å². The zero-order valence-electron chi connectivity index (χ0n) is 18.3. The highest BCUT2D eigenvalue weighted by atomic mass is 79.9. The van der Waals surface area contributed by atoms with E-state index in [0.29, 0.717) is 6.54 Å². The Kier molecular flexibility index (Phi) is 7.20. The molecule has 0 unspecified atom stereocenters. The van der Waals surface area contributed by atoms with Crippen molar-refractivity contribution in [1.29, 1.82) is 0 Å². The zero-order valence-corrected chi connectivity index (χ0v) is 20.7. The van der Waals surface area contributed by atoms with Gasteiger partial charge in [-0.15, -0.1) is 0 Å². The lowest BCUT2D eigenvalue weighted by atomic mass is 9.94. The summed E-state index contributed by atoms with van der Waals surface area (Å²) in [4.78, 5) is 13.6. The van der Waals surface area contributed by atoms with E-state index in [4.69, 9.17) is 9.47 Å². The number of fused-ring (bicyclic) bond motifs is 1. The average molecular weight is 492 g/mol. The Balaban J connectivity index is 1.76. The van der Waals surface area contributed by atoms with Gasteiger partial charge in [0.15, 0.2) is 0 Å². The normalized spacial score (nSPS) is 15.4. The van der Waals surface area contributed by atoms with E-state index in [1.54, 1.807) is 11.9 Å². The number of esters is 1. The van der Waals surface area contributed by atoms with E-state index < -0.39 is 5.60 Å². The van der Waals surface area contributed by atoms with Crippen molar-refractivity contribution in [3.63, 3.8) is 0 Å². The van der Waals surface area contributed by atoms with Gasteiger partial charge in [-0.1, -0.05) is 28.1 Å². The molecule has 0 atom stereocenters. The Morgan fingerprint density at radius 1 is 1.20 bits per heavy atom. The first-order valence-electron chi connectivity index (χ1n) is 10.2. The molecule has 6 heteroatoms. The second-order valence-corrected chi connectivity index (χ2v) is 11.3. The van der Waals surface area contributed by atoms with Crippen LogP contribution in [0.5, 0.6) is 5.75 Å². The van der Waals surface area contributed by atoms with Gasteiger partial charge in [-0.25, -0.2) is 4.31 Å². The lowest BCUT2D eigenvalue weighted by molar-refractivity contribution is -0.154. The van der Waals surface area contributed by atoms with Crippen molar-refractivity contribution in [3.8, 4) is 5.75 Å². The first kappa shape index (κ1) is 23.2. The maximum Gasteiger partial charge on any atom is 0.321 e. The van der Waals surface area contributed by atoms with Gasteiger partial charge in [0.25, 0.3) is 0 Å². The molecule has 0 spiro atoms. The third-order valence-corrected chi connectivity index (χ3v) is 6.16. The van der Waals surface area contributed by atoms with Crippen LogP contribution in [0.4, 0.5) is 0 Å². The zero-order chi connectivity index (χ0) is 21.9. The Bertz CT molecular complexity index is 890. The quantitative estimate of drug-likeness (QED) is 0.345. The summed E-state index contributed by atoms with van der Waals surface area (Å²) in [7, 11) is 0. The molecule has 162 valence electrons. The molecule has 0 amide bonds. The van der Waals surface area contributed by atoms with Crippen LogP contribution < -0.4 is 4.74 Å². The first-order chi connectivity index (χ1) is 14.0. The minimum Gasteiger partial charge on any atom is -0.488 e. The summed E-state index contributed by atoms with van der Waals surface area (Å²) in [5, 5.41) is 0. The molecule has 0 aromatic heterocycles. The Hall–Kier alpha value is -1.50. The van der Waals surface area contributed by atoms with E-state index in [1.807, 2.05) is 43.3 Å². The molecule has 1 aliphatic rings. The van der Waals surface area contributed by atoms with Gasteiger partial charge < -0.3 is 9.47 Å². The fourth-order valence-electron chi connectivity index (χ4n) is 3.27. The van der Waals surface area contributed by atoms with E-state index in [2.05, 4.69) is 54.0 Å². The molecule has 0 N–H and O–H groups in total. The van der Waals surface area contributed by atoms with Crippen LogP contribution in [0, 0.1) is 0 Å². The van der Waals surface area contributed by atoms with Crippen LogP contribution in [-0.2, 0) is 22.5 Å². The lowest BCUT2D eigenvalue weighted by Gasteiger charge is -2.33. The van der Waals surface area contributed by atoms with Crippen LogP contribution in [-0.4, -0.2) is 28.0 Å². The highest BCUT2D eigenvalue weighted by Gasteiger charge is 2.27. The Morgan fingerprint density at radius 3 is 2.57 bits per heavy atom. The molecule has 2 aromatic carbocycles. The van der Waals surface area contributed by atoms with Crippen molar-refractivity contribution in [3.05, 3.63) is 58.1 Å². The van der Waals surface area contributed by atoms with Crippen molar-refractivity contribution in [2.75, 3.05) is 6.54 Å². The number of nitrogens with zero attached hydrogens (tertiary/aromatic N) is 1. The molecule has 0 saturated carbocycles. The van der Waals surface area contributed by atoms with Gasteiger partial charge in [-0.3, -0.25) is 4.79 Å². The SMILES string of the molecule is CC(C)(C)OC(=O)CN(Cc1ccc(Br)cc1)Sc1ccc2c(c1)CCC(C)(C)O2. The lowest BCUT2D eigenvalue weighted by Crippen LogP contribution is -2.32. The molecule has 0 radical (unpaired) electrons. The second kappa shape index (κ2) is 9.33. The first-order valence-corrected chi connectivity index (χ1v) is 11.8. The van der Waals surface area contributed by atoms with Gasteiger partial charge in [-0.05, 0) is 101 Å². The van der Waals surface area contributed by atoms with E-state index in [9.17, 15) is 4.79 Å². The monoisotopic (exact) mass is 491 g/mol. The molecule has 2 aromatic rings. The number of carbonyl (C=O) groups is 1. The highest BCUT2D eigenvalue weighted by molar-refractivity contribution is 9.10. The number of aryl methyl sites for hydroxylation is 1. The fraction of sp³-hybridized carbons (Fsp3) is 0.458. The highest BCUT2D eigenvalue weighted by Crippen LogP contribution is 2.36. The molecule has 0 fully saturated rings. The van der Waals surface area contributed by atoms with Crippen LogP contribution in [0.15, 0.2) is 51.8 Å². The largest absolute Gasteiger partial charge is 0.488 e. The van der Waals surface area contributed by atoms with Crippen LogP contribution in [0.3, 0.4) is 0 Å². The summed E-state index contributed by atoms with van der Waals surface area (Å²) < 4.78 is 14.7. The third kappa shape index (κ3) is 7.03. The molecular weight excluding hydrogens is 462 g/mol. The maximum atomic E-state index is 12.5. The molecule has 0 bridgehead atoms. The van der Waals surface area contributed by atoms with Crippen molar-refractivity contribution in [1.82, 2.24) is 4.31 Å². The summed E-state index contributed by atoms with van der Waals surface area (Å²) >= 11 is 5.06. The van der Waals surface area contributed by atoms with Gasteiger partial charge in [0, 0.05) is 15.9 Å². The number of benzene rings is 2.